The first-order chi connectivity index (χ1) is 12.5. The standard InChI is InChI=1S/C17H16N6O3/c1-10-6-16(23-26-10)22-17(25)14-8-15(19-9-18-14)21-13-5-3-4-12(7-13)20-11(2)24/h3-9H,1-2H3,(H,20,24)(H,18,19,21)(H,22,23,25). The van der Waals surface area contributed by atoms with E-state index in [0.717, 1.165) is 0 Å². The average Bonchev–Trinajstić information content (AvgIpc) is 2.99. The molecule has 0 atom stereocenters. The molecule has 1 aromatic carbocycles. The van der Waals surface area contributed by atoms with E-state index in [1.807, 2.05) is 6.07 Å². The highest BCUT2D eigenvalue weighted by Crippen LogP contribution is 2.19. The number of amides is 2. The van der Waals surface area contributed by atoms with Crippen molar-refractivity contribution in [1.82, 2.24) is 15.1 Å². The second kappa shape index (κ2) is 7.43. The summed E-state index contributed by atoms with van der Waals surface area (Å²) < 4.78 is 4.90. The van der Waals surface area contributed by atoms with E-state index < -0.39 is 5.91 Å². The Hall–Kier alpha value is -3.75. The maximum absolute atomic E-state index is 12.2. The SMILES string of the molecule is CC(=O)Nc1cccc(Nc2cc(C(=O)Nc3cc(C)on3)ncn2)c1. The zero-order valence-electron chi connectivity index (χ0n) is 14.1. The monoisotopic (exact) mass is 352 g/mol. The Kier molecular flexibility index (Phi) is 4.88. The van der Waals surface area contributed by atoms with Gasteiger partial charge in [0.05, 0.1) is 0 Å². The Morgan fingerprint density at radius 2 is 1.81 bits per heavy atom. The third-order valence-electron chi connectivity index (χ3n) is 3.22. The normalized spacial score (nSPS) is 10.2. The van der Waals surface area contributed by atoms with Gasteiger partial charge in [0.25, 0.3) is 5.91 Å². The van der Waals surface area contributed by atoms with Crippen molar-refractivity contribution in [1.29, 1.82) is 0 Å². The Bertz CT molecular complexity index is 953. The van der Waals surface area contributed by atoms with Crippen molar-refractivity contribution in [3.8, 4) is 0 Å². The molecule has 0 saturated carbocycles. The van der Waals surface area contributed by atoms with Crippen molar-refractivity contribution in [3.63, 3.8) is 0 Å². The van der Waals surface area contributed by atoms with Crippen LogP contribution in [0.2, 0.25) is 0 Å². The summed E-state index contributed by atoms with van der Waals surface area (Å²) in [5.41, 5.74) is 1.52. The number of hydrogen-bond acceptors (Lipinski definition) is 7. The molecule has 2 amide bonds. The van der Waals surface area contributed by atoms with Crippen LogP contribution in [0.3, 0.4) is 0 Å². The van der Waals surface area contributed by atoms with Gasteiger partial charge in [-0.05, 0) is 25.1 Å². The highest BCUT2D eigenvalue weighted by molar-refractivity contribution is 6.02. The second-order valence-corrected chi connectivity index (χ2v) is 5.45. The maximum Gasteiger partial charge on any atom is 0.275 e. The fourth-order valence-corrected chi connectivity index (χ4v) is 2.18. The van der Waals surface area contributed by atoms with Crippen LogP contribution in [-0.2, 0) is 4.79 Å². The lowest BCUT2D eigenvalue weighted by atomic mass is 10.2. The van der Waals surface area contributed by atoms with Gasteiger partial charge in [0.1, 0.15) is 23.6 Å². The lowest BCUT2D eigenvalue weighted by Gasteiger charge is -2.09. The molecule has 0 unspecified atom stereocenters. The van der Waals surface area contributed by atoms with Crippen LogP contribution in [0.5, 0.6) is 0 Å². The molecule has 3 rings (SSSR count). The third kappa shape index (κ3) is 4.41. The number of benzene rings is 1. The molecule has 26 heavy (non-hydrogen) atoms. The van der Waals surface area contributed by atoms with Gasteiger partial charge in [0, 0.05) is 30.4 Å². The molecule has 132 valence electrons. The number of carbonyl (C=O) groups excluding carboxylic acids is 2. The summed E-state index contributed by atoms with van der Waals surface area (Å²) in [4.78, 5) is 31.4. The topological polar surface area (TPSA) is 122 Å². The van der Waals surface area contributed by atoms with Crippen LogP contribution < -0.4 is 16.0 Å². The smallest absolute Gasteiger partial charge is 0.275 e. The maximum atomic E-state index is 12.2. The van der Waals surface area contributed by atoms with Gasteiger partial charge in [0.2, 0.25) is 5.91 Å². The molecular weight excluding hydrogens is 336 g/mol. The van der Waals surface area contributed by atoms with Gasteiger partial charge < -0.3 is 20.5 Å². The van der Waals surface area contributed by atoms with Crippen LogP contribution in [0.25, 0.3) is 0 Å². The van der Waals surface area contributed by atoms with Crippen molar-refractivity contribution in [2.75, 3.05) is 16.0 Å². The Morgan fingerprint density at radius 3 is 2.54 bits per heavy atom. The number of aromatic nitrogens is 3. The summed E-state index contributed by atoms with van der Waals surface area (Å²) in [5, 5.41) is 12.1. The van der Waals surface area contributed by atoms with Gasteiger partial charge in [-0.2, -0.15) is 0 Å². The zero-order chi connectivity index (χ0) is 18.5. The molecule has 0 saturated heterocycles. The Balaban J connectivity index is 1.73. The molecule has 3 aromatic rings. The molecule has 0 radical (unpaired) electrons. The van der Waals surface area contributed by atoms with Gasteiger partial charge in [-0.15, -0.1) is 0 Å². The fraction of sp³-hybridized carbons (Fsp3) is 0.118. The van der Waals surface area contributed by atoms with Crippen LogP contribution in [-0.4, -0.2) is 26.9 Å². The number of rotatable bonds is 5. The minimum absolute atomic E-state index is 0.161. The van der Waals surface area contributed by atoms with E-state index in [1.165, 1.54) is 19.3 Å². The lowest BCUT2D eigenvalue weighted by molar-refractivity contribution is -0.114. The van der Waals surface area contributed by atoms with Crippen LogP contribution in [0.4, 0.5) is 23.0 Å². The zero-order valence-corrected chi connectivity index (χ0v) is 14.1. The molecule has 0 bridgehead atoms. The van der Waals surface area contributed by atoms with Crippen molar-refractivity contribution in [3.05, 3.63) is 54.2 Å². The van der Waals surface area contributed by atoms with Crippen LogP contribution in [0, 0.1) is 6.92 Å². The fourth-order valence-electron chi connectivity index (χ4n) is 2.18. The predicted octanol–water partition coefficient (Wildman–Crippen LogP) is 2.73. The largest absolute Gasteiger partial charge is 0.360 e. The number of carbonyl (C=O) groups is 2. The van der Waals surface area contributed by atoms with Crippen molar-refractivity contribution in [2.24, 2.45) is 0 Å². The van der Waals surface area contributed by atoms with Gasteiger partial charge in [0.15, 0.2) is 5.82 Å². The molecular formula is C17H16N6O3. The molecule has 2 aromatic heterocycles. The summed E-state index contributed by atoms with van der Waals surface area (Å²) in [6.07, 6.45) is 1.28. The summed E-state index contributed by atoms with van der Waals surface area (Å²) in [6.45, 7) is 3.16. The van der Waals surface area contributed by atoms with Crippen LogP contribution in [0.1, 0.15) is 23.2 Å². The summed E-state index contributed by atoms with van der Waals surface area (Å²) in [7, 11) is 0. The Morgan fingerprint density at radius 1 is 1.00 bits per heavy atom. The quantitative estimate of drug-likeness (QED) is 0.645. The van der Waals surface area contributed by atoms with Gasteiger partial charge >= 0.3 is 0 Å². The lowest BCUT2D eigenvalue weighted by Crippen LogP contribution is -2.14. The highest BCUT2D eigenvalue weighted by atomic mass is 16.5. The van der Waals surface area contributed by atoms with E-state index in [-0.39, 0.29) is 11.6 Å². The molecule has 2 heterocycles. The number of nitrogens with one attached hydrogen (secondary N) is 3. The minimum Gasteiger partial charge on any atom is -0.360 e. The summed E-state index contributed by atoms with van der Waals surface area (Å²) >= 11 is 0. The molecule has 0 aliphatic heterocycles. The van der Waals surface area contributed by atoms with Gasteiger partial charge in [-0.1, -0.05) is 11.2 Å². The van der Waals surface area contributed by atoms with Crippen molar-refractivity contribution < 1.29 is 14.1 Å². The first-order valence-corrected chi connectivity index (χ1v) is 7.71. The molecule has 9 nitrogen and oxygen atoms in total. The molecule has 0 spiro atoms. The highest BCUT2D eigenvalue weighted by Gasteiger charge is 2.11. The first-order valence-electron chi connectivity index (χ1n) is 7.71. The van der Waals surface area contributed by atoms with Crippen LogP contribution >= 0.6 is 0 Å². The molecule has 3 N–H and O–H groups in total. The molecule has 0 aliphatic carbocycles. The average molecular weight is 352 g/mol. The van der Waals surface area contributed by atoms with Gasteiger partial charge in [-0.25, -0.2) is 9.97 Å². The number of hydrogen-bond donors (Lipinski definition) is 3. The van der Waals surface area contributed by atoms with E-state index in [4.69, 9.17) is 4.52 Å². The van der Waals surface area contributed by atoms with E-state index in [2.05, 4.69) is 31.1 Å². The Labute approximate surface area is 148 Å². The molecule has 9 heteroatoms. The number of nitrogens with zero attached hydrogens (tertiary/aromatic N) is 3. The predicted molar refractivity (Wildman–Crippen MR) is 95.3 cm³/mol. The van der Waals surface area contributed by atoms with E-state index in [9.17, 15) is 9.59 Å². The molecule has 0 fully saturated rings. The second-order valence-electron chi connectivity index (χ2n) is 5.45. The summed E-state index contributed by atoms with van der Waals surface area (Å²) in [6, 6.07) is 10.2. The van der Waals surface area contributed by atoms with Crippen molar-refractivity contribution >= 4 is 34.8 Å². The first kappa shape index (κ1) is 17.1. The van der Waals surface area contributed by atoms with E-state index in [0.29, 0.717) is 28.8 Å². The number of anilines is 4. The minimum atomic E-state index is -0.434. The van der Waals surface area contributed by atoms with Crippen LogP contribution in [0.15, 0.2) is 47.2 Å². The van der Waals surface area contributed by atoms with E-state index >= 15 is 0 Å². The molecule has 0 aliphatic rings. The van der Waals surface area contributed by atoms with Crippen molar-refractivity contribution in [2.45, 2.75) is 13.8 Å². The van der Waals surface area contributed by atoms with Gasteiger partial charge in [-0.3, -0.25) is 9.59 Å². The number of aryl methyl sites for hydroxylation is 1. The summed E-state index contributed by atoms with van der Waals surface area (Å²) in [5.74, 6) is 0.733. The third-order valence-corrected chi connectivity index (χ3v) is 3.22. The van der Waals surface area contributed by atoms with E-state index in [1.54, 1.807) is 31.2 Å².